The number of rotatable bonds is 7. The molecule has 9 nitrogen and oxygen atoms in total. The summed E-state index contributed by atoms with van der Waals surface area (Å²) in [7, 11) is 0. The maximum atomic E-state index is 12.0. The van der Waals surface area contributed by atoms with Gasteiger partial charge < -0.3 is 14.5 Å². The third kappa shape index (κ3) is 4.59. The van der Waals surface area contributed by atoms with Gasteiger partial charge in [-0.3, -0.25) is 14.9 Å². The second-order valence-electron chi connectivity index (χ2n) is 5.26. The predicted octanol–water partition coefficient (Wildman–Crippen LogP) is 3.11. The van der Waals surface area contributed by atoms with Crippen LogP contribution in [0, 0.1) is 10.1 Å². The molecule has 138 valence electrons. The lowest BCUT2D eigenvalue weighted by Crippen LogP contribution is -2.28. The van der Waals surface area contributed by atoms with Crippen LogP contribution in [0.4, 0.5) is 5.69 Å². The van der Waals surface area contributed by atoms with Crippen molar-refractivity contribution in [1.29, 1.82) is 0 Å². The molecule has 0 unspecified atom stereocenters. The minimum absolute atomic E-state index is 0.0311. The Morgan fingerprint density at radius 2 is 2.11 bits per heavy atom. The lowest BCUT2D eigenvalue weighted by molar-refractivity contribution is -0.384. The van der Waals surface area contributed by atoms with Gasteiger partial charge in [0.2, 0.25) is 5.88 Å². The van der Waals surface area contributed by atoms with Crippen molar-refractivity contribution in [2.45, 2.75) is 0 Å². The monoisotopic (exact) mass is 388 g/mol. The molecule has 0 bridgehead atoms. The van der Waals surface area contributed by atoms with E-state index >= 15 is 0 Å². The zero-order valence-electron chi connectivity index (χ0n) is 13.8. The predicted molar refractivity (Wildman–Crippen MR) is 95.7 cm³/mol. The molecule has 0 saturated carbocycles. The third-order valence-electron chi connectivity index (χ3n) is 3.46. The average molecular weight is 389 g/mol. The lowest BCUT2D eigenvalue weighted by atomic mass is 10.2. The normalized spacial score (nSPS) is 10.4. The van der Waals surface area contributed by atoms with E-state index in [2.05, 4.69) is 15.5 Å². The summed E-state index contributed by atoms with van der Waals surface area (Å²) in [6.07, 6.45) is 1.54. The number of nitro groups is 1. The molecule has 10 heteroatoms. The van der Waals surface area contributed by atoms with E-state index in [9.17, 15) is 14.9 Å². The lowest BCUT2D eigenvalue weighted by Gasteiger charge is -2.07. The maximum absolute atomic E-state index is 12.0. The maximum Gasteiger partial charge on any atom is 0.288 e. The Bertz CT molecular complexity index is 944. The van der Waals surface area contributed by atoms with Crippen LogP contribution in [0.5, 0.6) is 5.88 Å². The molecule has 0 atom stereocenters. The van der Waals surface area contributed by atoms with E-state index < -0.39 is 10.8 Å². The molecule has 0 radical (unpaired) electrons. The van der Waals surface area contributed by atoms with Gasteiger partial charge in [-0.1, -0.05) is 11.6 Å². The zero-order valence-corrected chi connectivity index (χ0v) is 14.5. The number of benzene rings is 1. The summed E-state index contributed by atoms with van der Waals surface area (Å²) >= 11 is 5.72. The Morgan fingerprint density at radius 3 is 2.78 bits per heavy atom. The van der Waals surface area contributed by atoms with Crippen LogP contribution in [-0.4, -0.2) is 34.2 Å². The van der Waals surface area contributed by atoms with Gasteiger partial charge in [0.1, 0.15) is 17.3 Å². The van der Waals surface area contributed by atoms with Gasteiger partial charge >= 0.3 is 0 Å². The van der Waals surface area contributed by atoms with Crippen LogP contribution in [-0.2, 0) is 0 Å². The van der Waals surface area contributed by atoms with Crippen molar-refractivity contribution in [3.05, 3.63) is 69.4 Å². The number of carbonyl (C=O) groups excluding carboxylic acids is 1. The Kier molecular flexibility index (Phi) is 5.62. The second-order valence-corrected chi connectivity index (χ2v) is 5.67. The van der Waals surface area contributed by atoms with E-state index in [-0.39, 0.29) is 29.4 Å². The Balaban J connectivity index is 1.49. The minimum Gasteiger partial charge on any atom is -0.475 e. The molecule has 0 aliphatic rings. The summed E-state index contributed by atoms with van der Waals surface area (Å²) in [5.41, 5.74) is 0.381. The summed E-state index contributed by atoms with van der Waals surface area (Å²) in [6.45, 7) is 0.326. The number of furan rings is 1. The molecule has 0 fully saturated rings. The smallest absolute Gasteiger partial charge is 0.288 e. The Labute approximate surface area is 158 Å². The summed E-state index contributed by atoms with van der Waals surface area (Å²) in [5, 5.41) is 21.3. The van der Waals surface area contributed by atoms with Gasteiger partial charge in [-0.25, -0.2) is 0 Å². The van der Waals surface area contributed by atoms with Gasteiger partial charge in [-0.05, 0) is 30.3 Å². The van der Waals surface area contributed by atoms with Crippen LogP contribution >= 0.6 is 11.6 Å². The van der Waals surface area contributed by atoms with Crippen molar-refractivity contribution in [3.63, 3.8) is 0 Å². The number of nitro benzene ring substituents is 1. The minimum atomic E-state index is -0.646. The summed E-state index contributed by atoms with van der Waals surface area (Å²) in [6, 6.07) is 10.7. The van der Waals surface area contributed by atoms with Crippen LogP contribution in [0.2, 0.25) is 5.02 Å². The van der Waals surface area contributed by atoms with E-state index in [4.69, 9.17) is 20.8 Å². The highest BCUT2D eigenvalue weighted by molar-refractivity contribution is 6.32. The van der Waals surface area contributed by atoms with E-state index in [0.717, 1.165) is 6.07 Å². The first-order chi connectivity index (χ1) is 13.0. The molecule has 1 N–H and O–H groups in total. The first-order valence-corrected chi connectivity index (χ1v) is 8.15. The highest BCUT2D eigenvalue weighted by Crippen LogP contribution is 2.25. The Hall–Kier alpha value is -3.46. The fourth-order valence-electron chi connectivity index (χ4n) is 2.17. The fraction of sp³-hybridized carbons (Fsp3) is 0.118. The number of carbonyl (C=O) groups is 1. The molecule has 3 aromatic rings. The van der Waals surface area contributed by atoms with Crippen LogP contribution < -0.4 is 10.1 Å². The molecule has 0 aliphatic carbocycles. The van der Waals surface area contributed by atoms with E-state index in [0.29, 0.717) is 17.3 Å². The number of aromatic nitrogens is 2. The van der Waals surface area contributed by atoms with Crippen molar-refractivity contribution < 1.29 is 18.9 Å². The highest BCUT2D eigenvalue weighted by atomic mass is 35.5. The van der Waals surface area contributed by atoms with E-state index in [1.165, 1.54) is 12.1 Å². The molecule has 1 amide bonds. The van der Waals surface area contributed by atoms with Crippen molar-refractivity contribution in [3.8, 4) is 17.3 Å². The molecule has 1 aromatic carbocycles. The molecular weight excluding hydrogens is 376 g/mol. The number of halogens is 1. The molecule has 2 heterocycles. The molecular formula is C17H13ClN4O5. The highest BCUT2D eigenvalue weighted by Gasteiger charge is 2.16. The number of hydrogen-bond donors (Lipinski definition) is 1. The van der Waals surface area contributed by atoms with Crippen LogP contribution in [0.25, 0.3) is 11.5 Å². The topological polar surface area (TPSA) is 120 Å². The third-order valence-corrected chi connectivity index (χ3v) is 3.78. The van der Waals surface area contributed by atoms with Crippen LogP contribution in [0.3, 0.4) is 0 Å². The number of nitrogens with one attached hydrogen (secondary N) is 1. The summed E-state index contributed by atoms with van der Waals surface area (Å²) < 4.78 is 10.6. The van der Waals surface area contributed by atoms with Gasteiger partial charge in [0.05, 0.1) is 17.7 Å². The number of hydrogen-bond acceptors (Lipinski definition) is 7. The van der Waals surface area contributed by atoms with Gasteiger partial charge in [0, 0.05) is 17.7 Å². The largest absolute Gasteiger partial charge is 0.475 e. The molecule has 0 spiro atoms. The molecule has 0 aliphatic heterocycles. The average Bonchev–Trinajstić information content (AvgIpc) is 3.20. The fourth-order valence-corrected chi connectivity index (χ4v) is 2.36. The van der Waals surface area contributed by atoms with Gasteiger partial charge in [0.15, 0.2) is 5.76 Å². The molecule has 0 saturated heterocycles. The van der Waals surface area contributed by atoms with Gasteiger partial charge in [0.25, 0.3) is 11.6 Å². The second kappa shape index (κ2) is 8.28. The van der Waals surface area contributed by atoms with Crippen molar-refractivity contribution in [2.75, 3.05) is 13.2 Å². The van der Waals surface area contributed by atoms with E-state index in [1.54, 1.807) is 30.5 Å². The van der Waals surface area contributed by atoms with Gasteiger partial charge in [-0.2, -0.15) is 0 Å². The standard InChI is InChI=1S/C17H13ClN4O5/c18-12-4-3-11(10-14(12)22(24)25)17(23)19-7-9-27-16-6-5-13(20-21-16)15-2-1-8-26-15/h1-6,8,10H,7,9H2,(H,19,23). The molecule has 27 heavy (non-hydrogen) atoms. The van der Waals surface area contributed by atoms with Crippen molar-refractivity contribution in [1.82, 2.24) is 15.5 Å². The first kappa shape index (κ1) is 18.3. The van der Waals surface area contributed by atoms with Crippen molar-refractivity contribution >= 4 is 23.2 Å². The van der Waals surface area contributed by atoms with Gasteiger partial charge in [-0.15, -0.1) is 10.2 Å². The number of ether oxygens (including phenoxy) is 1. The number of nitrogens with zero attached hydrogens (tertiary/aromatic N) is 3. The van der Waals surface area contributed by atoms with Crippen LogP contribution in [0.15, 0.2) is 53.1 Å². The number of amides is 1. The van der Waals surface area contributed by atoms with Crippen LogP contribution in [0.1, 0.15) is 10.4 Å². The first-order valence-electron chi connectivity index (χ1n) is 7.77. The molecule has 2 aromatic heterocycles. The molecule has 3 rings (SSSR count). The van der Waals surface area contributed by atoms with E-state index in [1.807, 2.05) is 0 Å². The Morgan fingerprint density at radius 1 is 1.26 bits per heavy atom. The SMILES string of the molecule is O=C(NCCOc1ccc(-c2ccco2)nn1)c1ccc(Cl)c([N+](=O)[O-])c1. The summed E-state index contributed by atoms with van der Waals surface area (Å²) in [4.78, 5) is 22.3. The quantitative estimate of drug-likeness (QED) is 0.375. The zero-order chi connectivity index (χ0) is 19.2. The summed E-state index contributed by atoms with van der Waals surface area (Å²) in [5.74, 6) is 0.415. The van der Waals surface area contributed by atoms with Crippen molar-refractivity contribution in [2.24, 2.45) is 0 Å².